The number of thiocarbonyl (C=S) groups is 1. The number of nitrogens with zero attached hydrogens (tertiary/aromatic N) is 1. The normalized spacial score (nSPS) is 16.2. The first-order chi connectivity index (χ1) is 12.8. The van der Waals surface area contributed by atoms with Gasteiger partial charge in [0.15, 0.2) is 5.11 Å². The first-order valence-corrected chi connectivity index (χ1v) is 9.39. The van der Waals surface area contributed by atoms with Crippen LogP contribution in [0.25, 0.3) is 6.08 Å². The van der Waals surface area contributed by atoms with Crippen molar-refractivity contribution in [1.82, 2.24) is 5.32 Å². The van der Waals surface area contributed by atoms with E-state index in [1.54, 1.807) is 30.3 Å². The molecule has 27 heavy (non-hydrogen) atoms. The monoisotopic (exact) mass is 398 g/mol. The molecule has 0 spiro atoms. The number of amides is 2. The maximum Gasteiger partial charge on any atom is 0.270 e. The number of rotatable bonds is 4. The molecule has 1 N–H and O–H groups in total. The molecule has 2 amide bonds. The number of hydrogen-bond acceptors (Lipinski definition) is 3. The molecule has 0 atom stereocenters. The summed E-state index contributed by atoms with van der Waals surface area (Å²) in [5, 5.41) is 3.18. The minimum atomic E-state index is -0.499. The molecule has 138 valence electrons. The number of benzene rings is 2. The van der Waals surface area contributed by atoms with Gasteiger partial charge in [0, 0.05) is 5.02 Å². The molecule has 2 aromatic rings. The fraction of sp³-hybridized carbons (Fsp3) is 0.190. The molecule has 0 aliphatic carbocycles. The molecule has 3 rings (SSSR count). The van der Waals surface area contributed by atoms with Crippen LogP contribution in [-0.4, -0.2) is 16.9 Å². The van der Waals surface area contributed by atoms with Gasteiger partial charge in [-0.25, -0.2) is 0 Å². The lowest BCUT2D eigenvalue weighted by atomic mass is 10.0. The molecular weight excluding hydrogens is 380 g/mol. The number of anilines is 1. The van der Waals surface area contributed by atoms with Crippen molar-refractivity contribution in [3.8, 4) is 0 Å². The lowest BCUT2D eigenvalue weighted by Crippen LogP contribution is -2.54. The zero-order chi connectivity index (χ0) is 19.6. The van der Waals surface area contributed by atoms with Gasteiger partial charge in [0.25, 0.3) is 11.8 Å². The summed E-state index contributed by atoms with van der Waals surface area (Å²) in [5.41, 5.74) is 2.59. The summed E-state index contributed by atoms with van der Waals surface area (Å²) in [5.74, 6) is -0.396. The van der Waals surface area contributed by atoms with Crippen LogP contribution in [0.4, 0.5) is 5.69 Å². The first-order valence-electron chi connectivity index (χ1n) is 8.61. The van der Waals surface area contributed by atoms with Crippen LogP contribution in [0.15, 0.2) is 54.1 Å². The molecule has 1 aliphatic heterocycles. The van der Waals surface area contributed by atoms with E-state index in [1.165, 1.54) is 10.5 Å². The smallest absolute Gasteiger partial charge is 0.270 e. The second kappa shape index (κ2) is 8.03. The molecule has 4 nitrogen and oxygen atoms in total. The quantitative estimate of drug-likeness (QED) is 0.472. The zero-order valence-electron chi connectivity index (χ0n) is 15.0. The van der Waals surface area contributed by atoms with Gasteiger partial charge in [-0.05, 0) is 66.0 Å². The van der Waals surface area contributed by atoms with E-state index in [0.29, 0.717) is 16.6 Å². The standard InChI is InChI=1S/C21H19ClN2O2S/c1-13(2)11-14-3-5-15(6-4-14)12-18-19(25)23-21(27)24(20(18)26)17-9-7-16(22)8-10-17/h3-10,12-13H,11H2,1-2H3,(H,23,25,27)/b18-12-. The van der Waals surface area contributed by atoms with E-state index in [4.69, 9.17) is 23.8 Å². The number of nitrogens with one attached hydrogen (secondary N) is 1. The second-order valence-corrected chi connectivity index (χ2v) is 7.60. The highest BCUT2D eigenvalue weighted by atomic mass is 35.5. The van der Waals surface area contributed by atoms with Crippen LogP contribution in [0.1, 0.15) is 25.0 Å². The summed E-state index contributed by atoms with van der Waals surface area (Å²) in [4.78, 5) is 26.5. The highest BCUT2D eigenvalue weighted by Crippen LogP contribution is 2.24. The second-order valence-electron chi connectivity index (χ2n) is 6.77. The fourth-order valence-corrected chi connectivity index (χ4v) is 3.28. The molecule has 0 unspecified atom stereocenters. The van der Waals surface area contributed by atoms with E-state index in [2.05, 4.69) is 19.2 Å². The molecule has 6 heteroatoms. The van der Waals surface area contributed by atoms with Crippen LogP contribution in [-0.2, 0) is 16.0 Å². The molecule has 1 saturated heterocycles. The average Bonchev–Trinajstić information content (AvgIpc) is 2.61. The molecular formula is C21H19ClN2O2S. The van der Waals surface area contributed by atoms with Gasteiger partial charge in [-0.15, -0.1) is 0 Å². The Morgan fingerprint density at radius 2 is 1.70 bits per heavy atom. The number of halogens is 1. The van der Waals surface area contributed by atoms with E-state index < -0.39 is 11.8 Å². The Balaban J connectivity index is 1.90. The average molecular weight is 399 g/mol. The van der Waals surface area contributed by atoms with Crippen molar-refractivity contribution in [2.45, 2.75) is 20.3 Å². The Labute approximate surface area is 168 Å². The van der Waals surface area contributed by atoms with Crippen LogP contribution >= 0.6 is 23.8 Å². The van der Waals surface area contributed by atoms with Gasteiger partial charge < -0.3 is 0 Å². The van der Waals surface area contributed by atoms with Gasteiger partial charge in [0.1, 0.15) is 5.57 Å². The van der Waals surface area contributed by atoms with Crippen LogP contribution in [0.5, 0.6) is 0 Å². The summed E-state index contributed by atoms with van der Waals surface area (Å²) in [6.45, 7) is 4.32. The highest BCUT2D eigenvalue weighted by Gasteiger charge is 2.34. The summed E-state index contributed by atoms with van der Waals surface area (Å²) in [6, 6.07) is 14.5. The Morgan fingerprint density at radius 1 is 1.07 bits per heavy atom. The largest absolute Gasteiger partial charge is 0.298 e. The van der Waals surface area contributed by atoms with E-state index in [1.807, 2.05) is 24.3 Å². The molecule has 0 aromatic heterocycles. The third-order valence-electron chi connectivity index (χ3n) is 4.12. The third-order valence-corrected chi connectivity index (χ3v) is 4.66. The molecule has 1 fully saturated rings. The third kappa shape index (κ3) is 4.43. The van der Waals surface area contributed by atoms with Crippen molar-refractivity contribution in [1.29, 1.82) is 0 Å². The lowest BCUT2D eigenvalue weighted by Gasteiger charge is -2.28. The molecule has 0 bridgehead atoms. The van der Waals surface area contributed by atoms with Gasteiger partial charge in [-0.3, -0.25) is 19.8 Å². The Bertz CT molecular complexity index is 918. The van der Waals surface area contributed by atoms with E-state index in [0.717, 1.165) is 12.0 Å². The minimum absolute atomic E-state index is 0.0372. The topological polar surface area (TPSA) is 49.4 Å². The lowest BCUT2D eigenvalue weighted by molar-refractivity contribution is -0.122. The van der Waals surface area contributed by atoms with Crippen LogP contribution in [0.3, 0.4) is 0 Å². The van der Waals surface area contributed by atoms with Gasteiger partial charge in [0.05, 0.1) is 5.69 Å². The molecule has 1 aliphatic rings. The van der Waals surface area contributed by atoms with Gasteiger partial charge in [0.2, 0.25) is 0 Å². The Hall–Kier alpha value is -2.50. The summed E-state index contributed by atoms with van der Waals surface area (Å²) < 4.78 is 0. The van der Waals surface area contributed by atoms with Gasteiger partial charge >= 0.3 is 0 Å². The number of carbonyl (C=O) groups is 2. The fourth-order valence-electron chi connectivity index (χ4n) is 2.87. The number of carbonyl (C=O) groups excluding carboxylic acids is 2. The van der Waals surface area contributed by atoms with E-state index in [-0.39, 0.29) is 10.7 Å². The van der Waals surface area contributed by atoms with Crippen LogP contribution in [0.2, 0.25) is 5.02 Å². The SMILES string of the molecule is CC(C)Cc1ccc(/C=C2/C(=O)NC(=S)N(c3ccc(Cl)cc3)C2=O)cc1. The van der Waals surface area contributed by atoms with Crippen LogP contribution in [0, 0.1) is 5.92 Å². The van der Waals surface area contributed by atoms with Gasteiger partial charge in [-0.2, -0.15) is 0 Å². The van der Waals surface area contributed by atoms with Crippen molar-refractivity contribution in [2.75, 3.05) is 4.90 Å². The van der Waals surface area contributed by atoms with Crippen molar-refractivity contribution in [3.63, 3.8) is 0 Å². The summed E-state index contributed by atoms with van der Waals surface area (Å²) in [7, 11) is 0. The van der Waals surface area contributed by atoms with Crippen molar-refractivity contribution < 1.29 is 9.59 Å². The molecule has 0 saturated carbocycles. The summed E-state index contributed by atoms with van der Waals surface area (Å²) in [6.07, 6.45) is 2.57. The zero-order valence-corrected chi connectivity index (χ0v) is 16.6. The van der Waals surface area contributed by atoms with Crippen LogP contribution < -0.4 is 10.2 Å². The minimum Gasteiger partial charge on any atom is -0.298 e. The van der Waals surface area contributed by atoms with Crippen molar-refractivity contribution in [2.24, 2.45) is 5.92 Å². The van der Waals surface area contributed by atoms with Crippen molar-refractivity contribution in [3.05, 3.63) is 70.3 Å². The number of hydrogen-bond donors (Lipinski definition) is 1. The molecule has 1 heterocycles. The maximum absolute atomic E-state index is 12.9. The highest BCUT2D eigenvalue weighted by molar-refractivity contribution is 7.80. The molecule has 2 aromatic carbocycles. The predicted octanol–water partition coefficient (Wildman–Crippen LogP) is 4.37. The van der Waals surface area contributed by atoms with E-state index in [9.17, 15) is 9.59 Å². The molecule has 0 radical (unpaired) electrons. The van der Waals surface area contributed by atoms with Gasteiger partial charge in [-0.1, -0.05) is 49.7 Å². The Morgan fingerprint density at radius 3 is 2.30 bits per heavy atom. The van der Waals surface area contributed by atoms with Crippen molar-refractivity contribution >= 4 is 52.5 Å². The summed E-state index contributed by atoms with van der Waals surface area (Å²) >= 11 is 11.1. The maximum atomic E-state index is 12.9. The predicted molar refractivity (Wildman–Crippen MR) is 113 cm³/mol. The Kier molecular flexibility index (Phi) is 5.73. The first kappa shape index (κ1) is 19.3. The van der Waals surface area contributed by atoms with E-state index >= 15 is 0 Å².